The summed E-state index contributed by atoms with van der Waals surface area (Å²) in [4.78, 5) is 33.2. The lowest BCUT2D eigenvalue weighted by molar-refractivity contribution is -0.143. The third-order valence-electron chi connectivity index (χ3n) is 3.49. The summed E-state index contributed by atoms with van der Waals surface area (Å²) in [6.07, 6.45) is 0.503. The molecule has 0 spiro atoms. The van der Waals surface area contributed by atoms with Gasteiger partial charge in [0.2, 0.25) is 5.91 Å². The van der Waals surface area contributed by atoms with Gasteiger partial charge in [0.1, 0.15) is 6.04 Å². The molecule has 0 aliphatic heterocycles. The second-order valence-corrected chi connectivity index (χ2v) is 6.22. The van der Waals surface area contributed by atoms with Crippen LogP contribution < -0.4 is 5.32 Å². The van der Waals surface area contributed by atoms with E-state index in [4.69, 9.17) is 10.2 Å². The van der Waals surface area contributed by atoms with Crippen LogP contribution in [0.25, 0.3) is 0 Å². The van der Waals surface area contributed by atoms with Gasteiger partial charge in [-0.25, -0.2) is 4.79 Å². The van der Waals surface area contributed by atoms with Crippen LogP contribution in [0.2, 0.25) is 0 Å². The Balaban J connectivity index is 4.34. The maximum absolute atomic E-state index is 11.8. The first kappa shape index (κ1) is 18.4. The minimum absolute atomic E-state index is 0.0284. The van der Waals surface area contributed by atoms with Crippen LogP contribution >= 0.6 is 0 Å². The van der Waals surface area contributed by atoms with Crippen molar-refractivity contribution < 1.29 is 24.6 Å². The van der Waals surface area contributed by atoms with Gasteiger partial charge in [-0.3, -0.25) is 9.59 Å². The number of carboxylic acids is 2. The van der Waals surface area contributed by atoms with E-state index < -0.39 is 18.0 Å². The molecule has 0 radical (unpaired) electrons. The number of amides is 1. The molecule has 0 bridgehead atoms. The fourth-order valence-corrected chi connectivity index (χ4v) is 1.55. The van der Waals surface area contributed by atoms with Crippen LogP contribution in [0, 0.1) is 11.3 Å². The van der Waals surface area contributed by atoms with E-state index >= 15 is 0 Å². The van der Waals surface area contributed by atoms with Crippen molar-refractivity contribution in [2.45, 2.75) is 59.4 Å². The highest BCUT2D eigenvalue weighted by atomic mass is 16.4. The summed E-state index contributed by atoms with van der Waals surface area (Å²) < 4.78 is 0. The standard InChI is InChI=1S/C14H25NO5/c1-9(14(2,3)4)8-11(16)15-10(13(19)20)6-5-7-12(17)18/h9-10H,5-8H2,1-4H3,(H,15,16)(H,17,18)(H,19,20)/t9?,10-/m1/s1. The quantitative estimate of drug-likeness (QED) is 0.632. The van der Waals surface area contributed by atoms with Crippen LogP contribution in [0.15, 0.2) is 0 Å². The predicted molar refractivity (Wildman–Crippen MR) is 74.3 cm³/mol. The molecule has 0 heterocycles. The Morgan fingerprint density at radius 3 is 2.10 bits per heavy atom. The van der Waals surface area contributed by atoms with Crippen molar-refractivity contribution in [2.24, 2.45) is 11.3 Å². The molecule has 1 amide bonds. The first-order chi connectivity index (χ1) is 9.04. The zero-order chi connectivity index (χ0) is 15.9. The Labute approximate surface area is 119 Å². The fourth-order valence-electron chi connectivity index (χ4n) is 1.55. The lowest BCUT2D eigenvalue weighted by Gasteiger charge is -2.27. The molecule has 0 aliphatic carbocycles. The van der Waals surface area contributed by atoms with E-state index in [1.54, 1.807) is 0 Å². The number of carbonyl (C=O) groups is 3. The van der Waals surface area contributed by atoms with Crippen molar-refractivity contribution >= 4 is 17.8 Å². The number of hydrogen-bond acceptors (Lipinski definition) is 3. The molecule has 116 valence electrons. The first-order valence-electron chi connectivity index (χ1n) is 6.78. The van der Waals surface area contributed by atoms with Crippen molar-refractivity contribution in [1.29, 1.82) is 0 Å². The monoisotopic (exact) mass is 287 g/mol. The highest BCUT2D eigenvalue weighted by Gasteiger charge is 2.25. The summed E-state index contributed by atoms with van der Waals surface area (Å²) >= 11 is 0. The van der Waals surface area contributed by atoms with Gasteiger partial charge in [0.15, 0.2) is 0 Å². The lowest BCUT2D eigenvalue weighted by Crippen LogP contribution is -2.42. The summed E-state index contributed by atoms with van der Waals surface area (Å²) in [7, 11) is 0. The fraction of sp³-hybridized carbons (Fsp3) is 0.786. The smallest absolute Gasteiger partial charge is 0.326 e. The molecule has 3 N–H and O–H groups in total. The predicted octanol–water partition coefficient (Wildman–Crippen LogP) is 1.88. The Morgan fingerprint density at radius 1 is 1.15 bits per heavy atom. The van der Waals surface area contributed by atoms with E-state index in [9.17, 15) is 14.4 Å². The van der Waals surface area contributed by atoms with E-state index in [0.717, 1.165) is 0 Å². The second kappa shape index (κ2) is 7.87. The molecule has 0 rings (SSSR count). The van der Waals surface area contributed by atoms with Gasteiger partial charge in [0.25, 0.3) is 0 Å². The Kier molecular flexibility index (Phi) is 7.24. The van der Waals surface area contributed by atoms with Crippen LogP contribution in [-0.2, 0) is 14.4 Å². The van der Waals surface area contributed by atoms with E-state index in [-0.39, 0.29) is 42.9 Å². The zero-order valence-electron chi connectivity index (χ0n) is 12.6. The Bertz CT molecular complexity index is 359. The van der Waals surface area contributed by atoms with Gasteiger partial charge >= 0.3 is 11.9 Å². The number of hydrogen-bond donors (Lipinski definition) is 3. The molecule has 0 aromatic rings. The summed E-state index contributed by atoms with van der Waals surface area (Å²) in [6.45, 7) is 8.01. The van der Waals surface area contributed by atoms with Crippen molar-refractivity contribution in [1.82, 2.24) is 5.32 Å². The van der Waals surface area contributed by atoms with Crippen molar-refractivity contribution in [3.05, 3.63) is 0 Å². The van der Waals surface area contributed by atoms with Gasteiger partial charge in [-0.2, -0.15) is 0 Å². The molecule has 0 aromatic carbocycles. The maximum atomic E-state index is 11.8. The van der Waals surface area contributed by atoms with Gasteiger partial charge in [0, 0.05) is 12.8 Å². The summed E-state index contributed by atoms with van der Waals surface area (Å²) in [5.41, 5.74) is -0.0284. The number of nitrogens with one attached hydrogen (secondary N) is 1. The van der Waals surface area contributed by atoms with Crippen molar-refractivity contribution in [3.63, 3.8) is 0 Å². The summed E-state index contributed by atoms with van der Waals surface area (Å²) in [6, 6.07) is -1.02. The average Bonchev–Trinajstić information content (AvgIpc) is 2.25. The topological polar surface area (TPSA) is 104 Å². The molecule has 20 heavy (non-hydrogen) atoms. The maximum Gasteiger partial charge on any atom is 0.326 e. The third-order valence-corrected chi connectivity index (χ3v) is 3.49. The number of carboxylic acid groups (broad SMARTS) is 2. The number of rotatable bonds is 8. The first-order valence-corrected chi connectivity index (χ1v) is 6.78. The van der Waals surface area contributed by atoms with E-state index in [2.05, 4.69) is 5.32 Å². The van der Waals surface area contributed by atoms with Crippen LogP contribution in [0.1, 0.15) is 53.4 Å². The van der Waals surface area contributed by atoms with E-state index in [1.165, 1.54) is 0 Å². The molecule has 2 atom stereocenters. The Morgan fingerprint density at radius 2 is 1.70 bits per heavy atom. The molecule has 0 fully saturated rings. The molecule has 0 aliphatic rings. The van der Waals surface area contributed by atoms with Crippen LogP contribution in [0.3, 0.4) is 0 Å². The lowest BCUT2D eigenvalue weighted by atomic mass is 9.80. The molecule has 0 aromatic heterocycles. The summed E-state index contributed by atoms with van der Waals surface area (Å²) in [5, 5.41) is 20.0. The number of carbonyl (C=O) groups excluding carboxylic acids is 1. The highest BCUT2D eigenvalue weighted by Crippen LogP contribution is 2.27. The van der Waals surface area contributed by atoms with Gasteiger partial charge in [-0.1, -0.05) is 27.7 Å². The summed E-state index contributed by atoms with van der Waals surface area (Å²) in [5.74, 6) is -2.29. The zero-order valence-corrected chi connectivity index (χ0v) is 12.6. The van der Waals surface area contributed by atoms with Gasteiger partial charge in [0.05, 0.1) is 0 Å². The minimum Gasteiger partial charge on any atom is -0.481 e. The highest BCUT2D eigenvalue weighted by molar-refractivity contribution is 5.83. The van der Waals surface area contributed by atoms with E-state index in [1.807, 2.05) is 27.7 Å². The molecule has 0 saturated heterocycles. The normalized spacial score (nSPS) is 14.4. The molecular weight excluding hydrogens is 262 g/mol. The van der Waals surface area contributed by atoms with Crippen LogP contribution in [-0.4, -0.2) is 34.1 Å². The molecule has 1 unspecified atom stereocenters. The van der Waals surface area contributed by atoms with Gasteiger partial charge in [-0.15, -0.1) is 0 Å². The van der Waals surface area contributed by atoms with Crippen LogP contribution in [0.5, 0.6) is 0 Å². The second-order valence-electron chi connectivity index (χ2n) is 6.22. The molecule has 0 saturated carbocycles. The van der Waals surface area contributed by atoms with Crippen LogP contribution in [0.4, 0.5) is 0 Å². The molecule has 6 nitrogen and oxygen atoms in total. The third kappa shape index (κ3) is 7.76. The van der Waals surface area contributed by atoms with Crippen molar-refractivity contribution in [3.8, 4) is 0 Å². The van der Waals surface area contributed by atoms with E-state index in [0.29, 0.717) is 0 Å². The van der Waals surface area contributed by atoms with Gasteiger partial charge in [-0.05, 0) is 24.2 Å². The average molecular weight is 287 g/mol. The molecular formula is C14H25NO5. The van der Waals surface area contributed by atoms with Crippen molar-refractivity contribution in [2.75, 3.05) is 0 Å². The van der Waals surface area contributed by atoms with Gasteiger partial charge < -0.3 is 15.5 Å². The Hall–Kier alpha value is -1.59. The minimum atomic E-state index is -1.13. The largest absolute Gasteiger partial charge is 0.481 e. The molecule has 6 heteroatoms. The number of aliphatic carboxylic acids is 2. The SMILES string of the molecule is CC(CC(=O)N[C@H](CCCC(=O)O)C(=O)O)C(C)(C)C.